The number of benzene rings is 3. The molecule has 0 heterocycles. The van der Waals surface area contributed by atoms with E-state index < -0.39 is 6.04 Å². The topological polar surface area (TPSA) is 58.6 Å². The third-order valence-electron chi connectivity index (χ3n) is 5.85. The van der Waals surface area contributed by atoms with E-state index in [-0.39, 0.29) is 35.8 Å². The van der Waals surface area contributed by atoms with Gasteiger partial charge in [0.25, 0.3) is 0 Å². The fourth-order valence-electron chi connectivity index (χ4n) is 3.86. The minimum atomic E-state index is -0.675. The zero-order valence-corrected chi connectivity index (χ0v) is 22.5. The number of amides is 2. The number of carbonyl (C=O) groups is 2. The molecule has 0 radical (unpaired) electrons. The standard InChI is InChI=1S/C30H35FN2O3S/c1-22(2)18-32-30(35)28(17-23-8-5-4-6-9-23)33(19-25-10-7-11-27(16-25)36-3)29(34)21-37-20-24-12-14-26(31)15-13-24/h4-16,22,28H,17-21H2,1-3H3,(H,32,35)/t28-/m0/s1. The quantitative estimate of drug-likeness (QED) is 0.323. The van der Waals surface area contributed by atoms with Crippen LogP contribution in [0.1, 0.15) is 30.5 Å². The van der Waals surface area contributed by atoms with E-state index in [1.54, 1.807) is 24.1 Å². The lowest BCUT2D eigenvalue weighted by Crippen LogP contribution is -2.51. The molecule has 0 aliphatic carbocycles. The van der Waals surface area contributed by atoms with E-state index in [4.69, 9.17) is 4.74 Å². The van der Waals surface area contributed by atoms with Gasteiger partial charge < -0.3 is 15.0 Å². The Hall–Kier alpha value is -3.32. The predicted octanol–water partition coefficient (Wildman–Crippen LogP) is 5.48. The molecule has 7 heteroatoms. The van der Waals surface area contributed by atoms with Crippen molar-refractivity contribution < 1.29 is 18.7 Å². The van der Waals surface area contributed by atoms with E-state index in [9.17, 15) is 14.0 Å². The normalized spacial score (nSPS) is 11.7. The largest absolute Gasteiger partial charge is 0.497 e. The smallest absolute Gasteiger partial charge is 0.243 e. The van der Waals surface area contributed by atoms with Crippen molar-refractivity contribution in [1.82, 2.24) is 10.2 Å². The first-order valence-electron chi connectivity index (χ1n) is 12.4. The van der Waals surface area contributed by atoms with E-state index in [1.807, 2.05) is 68.4 Å². The van der Waals surface area contributed by atoms with Gasteiger partial charge in [0.15, 0.2) is 0 Å². The maximum Gasteiger partial charge on any atom is 0.243 e. The van der Waals surface area contributed by atoms with Crippen molar-refractivity contribution in [3.05, 3.63) is 101 Å². The number of hydrogen-bond acceptors (Lipinski definition) is 4. The fourth-order valence-corrected chi connectivity index (χ4v) is 4.73. The molecule has 3 aromatic rings. The number of methoxy groups -OCH3 is 1. The van der Waals surface area contributed by atoms with Crippen LogP contribution in [-0.4, -0.2) is 42.2 Å². The molecule has 0 aliphatic rings. The molecule has 0 spiro atoms. The van der Waals surface area contributed by atoms with Gasteiger partial charge in [-0.3, -0.25) is 9.59 Å². The first kappa shape index (κ1) is 28.3. The van der Waals surface area contributed by atoms with Crippen LogP contribution in [0.5, 0.6) is 5.75 Å². The number of halogens is 1. The summed E-state index contributed by atoms with van der Waals surface area (Å²) in [7, 11) is 1.60. The Morgan fingerprint density at radius 3 is 2.32 bits per heavy atom. The molecule has 2 amide bonds. The van der Waals surface area contributed by atoms with Gasteiger partial charge in [-0.25, -0.2) is 4.39 Å². The molecule has 3 rings (SSSR count). The maximum absolute atomic E-state index is 13.7. The summed E-state index contributed by atoms with van der Waals surface area (Å²) in [5.74, 6) is 1.17. The van der Waals surface area contributed by atoms with E-state index in [1.165, 1.54) is 23.9 Å². The predicted molar refractivity (Wildman–Crippen MR) is 148 cm³/mol. The van der Waals surface area contributed by atoms with Gasteiger partial charge in [0.05, 0.1) is 12.9 Å². The van der Waals surface area contributed by atoms with Crippen molar-refractivity contribution in [2.45, 2.75) is 38.6 Å². The number of nitrogens with zero attached hydrogens (tertiary/aromatic N) is 1. The van der Waals surface area contributed by atoms with E-state index in [0.29, 0.717) is 24.5 Å². The van der Waals surface area contributed by atoms with Gasteiger partial charge >= 0.3 is 0 Å². The molecule has 3 aromatic carbocycles. The molecule has 37 heavy (non-hydrogen) atoms. The Morgan fingerprint density at radius 1 is 0.946 bits per heavy atom. The van der Waals surface area contributed by atoms with Crippen LogP contribution in [0.25, 0.3) is 0 Å². The van der Waals surface area contributed by atoms with Crippen LogP contribution in [0, 0.1) is 11.7 Å². The molecule has 0 aliphatic heterocycles. The van der Waals surface area contributed by atoms with Crippen LogP contribution in [0.2, 0.25) is 0 Å². The summed E-state index contributed by atoms with van der Waals surface area (Å²) in [4.78, 5) is 28.8. The highest BCUT2D eigenvalue weighted by Gasteiger charge is 2.30. The van der Waals surface area contributed by atoms with Crippen LogP contribution >= 0.6 is 11.8 Å². The molecule has 0 aromatic heterocycles. The highest BCUT2D eigenvalue weighted by Crippen LogP contribution is 2.21. The summed E-state index contributed by atoms with van der Waals surface area (Å²) in [5.41, 5.74) is 2.80. The number of hydrogen-bond donors (Lipinski definition) is 1. The van der Waals surface area contributed by atoms with Crippen molar-refractivity contribution in [2.75, 3.05) is 19.4 Å². The fraction of sp³-hybridized carbons (Fsp3) is 0.333. The van der Waals surface area contributed by atoms with Crippen LogP contribution in [0.15, 0.2) is 78.9 Å². The van der Waals surface area contributed by atoms with Crippen LogP contribution in [0.4, 0.5) is 4.39 Å². The number of rotatable bonds is 13. The Labute approximate surface area is 223 Å². The van der Waals surface area contributed by atoms with Crippen molar-refractivity contribution in [3.8, 4) is 5.75 Å². The average molecular weight is 523 g/mol. The summed E-state index contributed by atoms with van der Waals surface area (Å²) in [5, 5.41) is 3.03. The molecule has 1 atom stereocenters. The SMILES string of the molecule is COc1cccc(CN(C(=O)CSCc2ccc(F)cc2)[C@@H](Cc2ccccc2)C(=O)NCC(C)C)c1. The molecule has 0 fully saturated rings. The van der Waals surface area contributed by atoms with Crippen LogP contribution in [-0.2, 0) is 28.3 Å². The van der Waals surface area contributed by atoms with Gasteiger partial charge in [0.1, 0.15) is 17.6 Å². The van der Waals surface area contributed by atoms with Crippen molar-refractivity contribution >= 4 is 23.6 Å². The monoisotopic (exact) mass is 522 g/mol. The first-order chi connectivity index (χ1) is 17.9. The number of carbonyl (C=O) groups excluding carboxylic acids is 2. The highest BCUT2D eigenvalue weighted by molar-refractivity contribution is 7.99. The maximum atomic E-state index is 13.7. The summed E-state index contributed by atoms with van der Waals surface area (Å²) >= 11 is 1.45. The van der Waals surface area contributed by atoms with Crippen LogP contribution < -0.4 is 10.1 Å². The zero-order valence-electron chi connectivity index (χ0n) is 21.7. The van der Waals surface area contributed by atoms with Gasteiger partial charge in [0, 0.05) is 25.3 Å². The lowest BCUT2D eigenvalue weighted by atomic mass is 10.0. The molecule has 196 valence electrons. The second-order valence-electron chi connectivity index (χ2n) is 9.34. The van der Waals surface area contributed by atoms with Crippen LogP contribution in [0.3, 0.4) is 0 Å². The van der Waals surface area contributed by atoms with E-state index in [0.717, 1.165) is 16.7 Å². The third kappa shape index (κ3) is 9.25. The number of thioether (sulfide) groups is 1. The summed E-state index contributed by atoms with van der Waals surface area (Å²) in [6, 6.07) is 22.9. The molecular formula is C30H35FN2O3S. The molecular weight excluding hydrogens is 487 g/mol. The summed E-state index contributed by atoms with van der Waals surface area (Å²) < 4.78 is 18.6. The lowest BCUT2D eigenvalue weighted by Gasteiger charge is -2.32. The van der Waals surface area contributed by atoms with Gasteiger partial charge in [-0.05, 0) is 46.9 Å². The minimum Gasteiger partial charge on any atom is -0.497 e. The summed E-state index contributed by atoms with van der Waals surface area (Å²) in [6.45, 7) is 4.89. The van der Waals surface area contributed by atoms with E-state index >= 15 is 0 Å². The molecule has 0 saturated heterocycles. The van der Waals surface area contributed by atoms with Gasteiger partial charge in [0.2, 0.25) is 11.8 Å². The average Bonchev–Trinajstić information content (AvgIpc) is 2.91. The molecule has 0 bridgehead atoms. The Morgan fingerprint density at radius 2 is 1.65 bits per heavy atom. The van der Waals surface area contributed by atoms with E-state index in [2.05, 4.69) is 5.32 Å². The second kappa shape index (κ2) is 14.4. The van der Waals surface area contributed by atoms with Gasteiger partial charge in [-0.2, -0.15) is 0 Å². The Kier molecular flexibility index (Phi) is 11.0. The molecule has 0 unspecified atom stereocenters. The Bertz CT molecular complexity index is 1140. The summed E-state index contributed by atoms with van der Waals surface area (Å²) in [6.07, 6.45) is 0.406. The second-order valence-corrected chi connectivity index (χ2v) is 10.3. The van der Waals surface area contributed by atoms with Crippen molar-refractivity contribution in [1.29, 1.82) is 0 Å². The number of ether oxygens (including phenoxy) is 1. The third-order valence-corrected chi connectivity index (χ3v) is 6.84. The zero-order chi connectivity index (χ0) is 26.6. The van der Waals surface area contributed by atoms with Crippen molar-refractivity contribution in [3.63, 3.8) is 0 Å². The lowest BCUT2D eigenvalue weighted by molar-refractivity contribution is -0.139. The highest BCUT2D eigenvalue weighted by atomic mass is 32.2. The molecule has 5 nitrogen and oxygen atoms in total. The van der Waals surface area contributed by atoms with Crippen molar-refractivity contribution in [2.24, 2.45) is 5.92 Å². The number of nitrogens with one attached hydrogen (secondary N) is 1. The molecule has 1 N–H and O–H groups in total. The molecule has 0 saturated carbocycles. The first-order valence-corrected chi connectivity index (χ1v) is 13.6. The Balaban J connectivity index is 1.85. The van der Waals surface area contributed by atoms with Gasteiger partial charge in [-0.1, -0.05) is 68.4 Å². The minimum absolute atomic E-state index is 0.129. The van der Waals surface area contributed by atoms with Gasteiger partial charge in [-0.15, -0.1) is 11.8 Å².